The lowest BCUT2D eigenvalue weighted by atomic mass is 10.3. The van der Waals surface area contributed by atoms with Crippen molar-refractivity contribution >= 4 is 5.65 Å². The third-order valence-corrected chi connectivity index (χ3v) is 2.25. The Labute approximate surface area is 87.1 Å². The molecule has 0 spiro atoms. The Balaban J connectivity index is 2.53. The summed E-state index contributed by atoms with van der Waals surface area (Å²) in [4.78, 5) is 4.18. The molecular formula is C9H13N5O. The second kappa shape index (κ2) is 3.92. The maximum absolute atomic E-state index is 5.57. The summed E-state index contributed by atoms with van der Waals surface area (Å²) < 4.78 is 6.99. The normalized spacial score (nSPS) is 13.3. The predicted molar refractivity (Wildman–Crippen MR) is 54.3 cm³/mol. The quantitative estimate of drug-likeness (QED) is 0.771. The molecule has 2 N–H and O–H groups in total. The average Bonchev–Trinajstić information content (AvgIpc) is 2.63. The monoisotopic (exact) mass is 207 g/mol. The van der Waals surface area contributed by atoms with Gasteiger partial charge >= 0.3 is 0 Å². The molecule has 6 heteroatoms. The lowest BCUT2D eigenvalue weighted by molar-refractivity contribution is 0.102. The summed E-state index contributed by atoms with van der Waals surface area (Å²) in [7, 11) is 1.60. The standard InChI is InChI=1S/C9H13N5O/c1-6-3-8-12-13-9(7(4-10)15-2)14(8)5-11-6/h3,5,7H,4,10H2,1-2H3. The average molecular weight is 207 g/mol. The van der Waals surface area contributed by atoms with Crippen LogP contribution >= 0.6 is 0 Å². The van der Waals surface area contributed by atoms with Gasteiger partial charge in [0.05, 0.1) is 0 Å². The third kappa shape index (κ3) is 1.69. The van der Waals surface area contributed by atoms with Crippen LogP contribution < -0.4 is 5.73 Å². The van der Waals surface area contributed by atoms with Crippen LogP contribution in [-0.2, 0) is 4.74 Å². The first-order valence-electron chi connectivity index (χ1n) is 4.66. The van der Waals surface area contributed by atoms with E-state index < -0.39 is 0 Å². The van der Waals surface area contributed by atoms with Crippen molar-refractivity contribution < 1.29 is 4.74 Å². The van der Waals surface area contributed by atoms with Gasteiger partial charge in [0.25, 0.3) is 0 Å². The molecule has 0 amide bonds. The van der Waals surface area contributed by atoms with Crippen LogP contribution in [0.2, 0.25) is 0 Å². The van der Waals surface area contributed by atoms with E-state index in [9.17, 15) is 0 Å². The molecule has 2 heterocycles. The van der Waals surface area contributed by atoms with E-state index in [1.807, 2.05) is 13.0 Å². The van der Waals surface area contributed by atoms with Gasteiger partial charge < -0.3 is 10.5 Å². The number of hydrogen-bond donors (Lipinski definition) is 1. The molecule has 0 aliphatic heterocycles. The highest BCUT2D eigenvalue weighted by molar-refractivity contribution is 5.38. The zero-order valence-corrected chi connectivity index (χ0v) is 8.71. The van der Waals surface area contributed by atoms with E-state index in [1.54, 1.807) is 17.8 Å². The minimum atomic E-state index is -0.246. The van der Waals surface area contributed by atoms with E-state index in [0.29, 0.717) is 12.4 Å². The number of nitrogens with zero attached hydrogens (tertiary/aromatic N) is 4. The van der Waals surface area contributed by atoms with Crippen LogP contribution in [-0.4, -0.2) is 33.2 Å². The number of aryl methyl sites for hydroxylation is 1. The molecule has 1 unspecified atom stereocenters. The van der Waals surface area contributed by atoms with Gasteiger partial charge in [-0.3, -0.25) is 4.40 Å². The summed E-state index contributed by atoms with van der Waals surface area (Å²) >= 11 is 0. The van der Waals surface area contributed by atoms with Crippen LogP contribution in [0.15, 0.2) is 12.4 Å². The van der Waals surface area contributed by atoms with Crippen molar-refractivity contribution in [2.24, 2.45) is 5.73 Å². The molecule has 0 saturated carbocycles. The molecule has 1 atom stereocenters. The first-order chi connectivity index (χ1) is 7.26. The van der Waals surface area contributed by atoms with E-state index in [-0.39, 0.29) is 6.10 Å². The fourth-order valence-electron chi connectivity index (χ4n) is 1.43. The van der Waals surface area contributed by atoms with E-state index in [2.05, 4.69) is 15.2 Å². The number of hydrogen-bond acceptors (Lipinski definition) is 5. The Kier molecular flexibility index (Phi) is 2.61. The van der Waals surface area contributed by atoms with Crippen molar-refractivity contribution in [3.63, 3.8) is 0 Å². The van der Waals surface area contributed by atoms with E-state index in [1.165, 1.54) is 0 Å². The van der Waals surface area contributed by atoms with Crippen LogP contribution in [0, 0.1) is 6.92 Å². The van der Waals surface area contributed by atoms with Gasteiger partial charge in [-0.1, -0.05) is 0 Å². The Morgan fingerprint density at radius 3 is 3.00 bits per heavy atom. The molecule has 2 aromatic heterocycles. The first-order valence-corrected chi connectivity index (χ1v) is 4.66. The molecule has 2 aromatic rings. The maximum atomic E-state index is 5.57. The van der Waals surface area contributed by atoms with Gasteiger partial charge in [-0.2, -0.15) is 0 Å². The molecule has 0 aliphatic rings. The van der Waals surface area contributed by atoms with Gasteiger partial charge in [0.2, 0.25) is 0 Å². The summed E-state index contributed by atoms with van der Waals surface area (Å²) in [5.41, 5.74) is 7.23. The van der Waals surface area contributed by atoms with Gasteiger partial charge in [0.15, 0.2) is 11.5 Å². The minimum Gasteiger partial charge on any atom is -0.372 e. The Hall–Kier alpha value is -1.53. The number of methoxy groups -OCH3 is 1. The van der Waals surface area contributed by atoms with Gasteiger partial charge in [0, 0.05) is 25.4 Å². The van der Waals surface area contributed by atoms with E-state index in [4.69, 9.17) is 10.5 Å². The highest BCUT2D eigenvalue weighted by Crippen LogP contribution is 2.14. The number of fused-ring (bicyclic) bond motifs is 1. The van der Waals surface area contributed by atoms with Crippen LogP contribution in [0.5, 0.6) is 0 Å². The van der Waals surface area contributed by atoms with Gasteiger partial charge in [0.1, 0.15) is 12.4 Å². The largest absolute Gasteiger partial charge is 0.372 e. The van der Waals surface area contributed by atoms with Crippen molar-refractivity contribution in [2.45, 2.75) is 13.0 Å². The molecule has 0 fully saturated rings. The van der Waals surface area contributed by atoms with Crippen molar-refractivity contribution in [1.29, 1.82) is 0 Å². The molecule has 15 heavy (non-hydrogen) atoms. The highest BCUT2D eigenvalue weighted by Gasteiger charge is 2.15. The second-order valence-corrected chi connectivity index (χ2v) is 3.28. The van der Waals surface area contributed by atoms with Gasteiger partial charge in [-0.15, -0.1) is 10.2 Å². The minimum absolute atomic E-state index is 0.246. The molecule has 0 aliphatic carbocycles. The lowest BCUT2D eigenvalue weighted by Crippen LogP contribution is -2.17. The summed E-state index contributed by atoms with van der Waals surface area (Å²) in [5, 5.41) is 8.08. The number of rotatable bonds is 3. The zero-order chi connectivity index (χ0) is 10.8. The van der Waals surface area contributed by atoms with Crippen molar-refractivity contribution in [1.82, 2.24) is 19.6 Å². The zero-order valence-electron chi connectivity index (χ0n) is 8.71. The molecule has 0 radical (unpaired) electrons. The molecule has 0 aromatic carbocycles. The summed E-state index contributed by atoms with van der Waals surface area (Å²) in [6.07, 6.45) is 1.44. The summed E-state index contributed by atoms with van der Waals surface area (Å²) in [5.74, 6) is 0.683. The number of nitrogens with two attached hydrogens (primary N) is 1. The van der Waals surface area contributed by atoms with Gasteiger partial charge in [-0.25, -0.2) is 4.98 Å². The van der Waals surface area contributed by atoms with E-state index >= 15 is 0 Å². The van der Waals surface area contributed by atoms with Crippen LogP contribution in [0.25, 0.3) is 5.65 Å². The Morgan fingerprint density at radius 2 is 2.33 bits per heavy atom. The Morgan fingerprint density at radius 1 is 1.53 bits per heavy atom. The fraction of sp³-hybridized carbons (Fsp3) is 0.444. The van der Waals surface area contributed by atoms with Crippen molar-refractivity contribution in [3.05, 3.63) is 23.9 Å². The van der Waals surface area contributed by atoms with Crippen LogP contribution in [0.1, 0.15) is 17.6 Å². The van der Waals surface area contributed by atoms with Crippen molar-refractivity contribution in [3.8, 4) is 0 Å². The first kappa shape index (κ1) is 10.0. The second-order valence-electron chi connectivity index (χ2n) is 3.28. The molecule has 0 bridgehead atoms. The Bertz CT molecular complexity index is 462. The van der Waals surface area contributed by atoms with Crippen LogP contribution in [0.4, 0.5) is 0 Å². The lowest BCUT2D eigenvalue weighted by Gasteiger charge is -2.09. The molecule has 6 nitrogen and oxygen atoms in total. The van der Waals surface area contributed by atoms with Gasteiger partial charge in [-0.05, 0) is 6.92 Å². The summed E-state index contributed by atoms with van der Waals surface area (Å²) in [6, 6.07) is 1.86. The van der Waals surface area contributed by atoms with Crippen molar-refractivity contribution in [2.75, 3.05) is 13.7 Å². The SMILES string of the molecule is COC(CN)c1nnc2cc(C)ncn12. The highest BCUT2D eigenvalue weighted by atomic mass is 16.5. The molecule has 80 valence electrons. The molecular weight excluding hydrogens is 194 g/mol. The van der Waals surface area contributed by atoms with E-state index in [0.717, 1.165) is 11.3 Å². The van der Waals surface area contributed by atoms with Crippen LogP contribution in [0.3, 0.4) is 0 Å². The number of aromatic nitrogens is 4. The topological polar surface area (TPSA) is 78.3 Å². The fourth-order valence-corrected chi connectivity index (χ4v) is 1.43. The third-order valence-electron chi connectivity index (χ3n) is 2.25. The summed E-state index contributed by atoms with van der Waals surface area (Å²) in [6.45, 7) is 2.27. The molecule has 0 saturated heterocycles. The smallest absolute Gasteiger partial charge is 0.169 e. The number of ether oxygens (including phenoxy) is 1. The predicted octanol–water partition coefficient (Wildman–Crippen LogP) is 0.0789. The maximum Gasteiger partial charge on any atom is 0.169 e. The molecule has 2 rings (SSSR count).